The Balaban J connectivity index is 1.88. The number of nitrogens with zero attached hydrogens (tertiary/aromatic N) is 1. The van der Waals surface area contributed by atoms with Gasteiger partial charge < -0.3 is 19.9 Å². The Morgan fingerprint density at radius 3 is 2.65 bits per heavy atom. The molecule has 0 aliphatic carbocycles. The topological polar surface area (TPSA) is 92.2 Å². The lowest BCUT2D eigenvalue weighted by molar-refractivity contribution is -0.121. The second-order valence-electron chi connectivity index (χ2n) is 5.49. The van der Waals surface area contributed by atoms with Gasteiger partial charge in [-0.1, -0.05) is 0 Å². The van der Waals surface area contributed by atoms with Crippen LogP contribution in [0.4, 0.5) is 5.69 Å². The van der Waals surface area contributed by atoms with E-state index in [0.29, 0.717) is 17.9 Å². The second kappa shape index (κ2) is 9.31. The summed E-state index contributed by atoms with van der Waals surface area (Å²) in [4.78, 5) is 12.1. The van der Waals surface area contributed by atoms with Crippen LogP contribution in [-0.2, 0) is 4.79 Å². The molecule has 2 aromatic carbocycles. The van der Waals surface area contributed by atoms with Crippen molar-refractivity contribution in [2.45, 2.75) is 19.9 Å². The van der Waals surface area contributed by atoms with Crippen LogP contribution in [0.25, 0.3) is 0 Å². The summed E-state index contributed by atoms with van der Waals surface area (Å²) in [7, 11) is 1.46. The number of nitrogens with one attached hydrogen (secondary N) is 2. The van der Waals surface area contributed by atoms with Crippen LogP contribution in [0.15, 0.2) is 47.6 Å². The first kappa shape index (κ1) is 19.1. The lowest BCUT2D eigenvalue weighted by Crippen LogP contribution is -2.34. The molecule has 0 heterocycles. The molecule has 0 aliphatic rings. The zero-order valence-corrected chi connectivity index (χ0v) is 15.0. The van der Waals surface area contributed by atoms with E-state index in [2.05, 4.69) is 15.8 Å². The number of hydrogen-bond acceptors (Lipinski definition) is 6. The molecule has 0 radical (unpaired) electrons. The van der Waals surface area contributed by atoms with Gasteiger partial charge in [0.25, 0.3) is 5.91 Å². The monoisotopic (exact) mass is 357 g/mol. The van der Waals surface area contributed by atoms with Crippen LogP contribution in [-0.4, -0.2) is 37.0 Å². The Morgan fingerprint density at radius 2 is 2.00 bits per heavy atom. The summed E-state index contributed by atoms with van der Waals surface area (Å²) in [5.41, 5.74) is 3.97. The smallest absolute Gasteiger partial charge is 0.262 e. The summed E-state index contributed by atoms with van der Waals surface area (Å²) < 4.78 is 10.4. The molecular weight excluding hydrogens is 334 g/mol. The number of methoxy groups -OCH3 is 1. The molecule has 7 heteroatoms. The Hall–Kier alpha value is -3.22. The highest BCUT2D eigenvalue weighted by atomic mass is 16.5. The molecule has 0 aromatic heterocycles. The number of benzene rings is 2. The summed E-state index contributed by atoms with van der Waals surface area (Å²) in [5.74, 6) is 0.887. The van der Waals surface area contributed by atoms with E-state index in [9.17, 15) is 9.90 Å². The predicted octanol–water partition coefficient (Wildman–Crippen LogP) is 2.75. The van der Waals surface area contributed by atoms with Gasteiger partial charge in [-0.3, -0.25) is 4.79 Å². The van der Waals surface area contributed by atoms with Crippen LogP contribution < -0.4 is 20.2 Å². The van der Waals surface area contributed by atoms with Crippen molar-refractivity contribution in [3.8, 4) is 17.2 Å². The fourth-order valence-corrected chi connectivity index (χ4v) is 2.17. The van der Waals surface area contributed by atoms with Crippen LogP contribution in [0.2, 0.25) is 0 Å². The van der Waals surface area contributed by atoms with Gasteiger partial charge in [0.05, 0.1) is 19.9 Å². The standard InChI is InChI=1S/C19H23N3O4/c1-4-26-16-8-6-15(7-9-16)21-13(2)19(24)22-20-12-14-5-10-17(23)18(11-14)25-3/h5-13,21,23H,4H2,1-3H3,(H,22,24)/b20-12-/t13-/m0/s1. The molecule has 3 N–H and O–H groups in total. The van der Waals surface area contributed by atoms with Crippen LogP contribution in [0, 0.1) is 0 Å². The fraction of sp³-hybridized carbons (Fsp3) is 0.263. The van der Waals surface area contributed by atoms with E-state index in [-0.39, 0.29) is 11.7 Å². The van der Waals surface area contributed by atoms with Crippen LogP contribution in [0.3, 0.4) is 0 Å². The van der Waals surface area contributed by atoms with Crippen LogP contribution >= 0.6 is 0 Å². The lowest BCUT2D eigenvalue weighted by Gasteiger charge is -2.14. The third kappa shape index (κ3) is 5.41. The quantitative estimate of drug-likeness (QED) is 0.499. The average molecular weight is 357 g/mol. The van der Waals surface area contributed by atoms with Crippen molar-refractivity contribution >= 4 is 17.8 Å². The minimum atomic E-state index is -0.473. The maximum absolute atomic E-state index is 12.1. The summed E-state index contributed by atoms with van der Waals surface area (Å²) >= 11 is 0. The van der Waals surface area contributed by atoms with Crippen molar-refractivity contribution in [2.24, 2.45) is 5.10 Å². The fourth-order valence-electron chi connectivity index (χ4n) is 2.17. The third-order valence-corrected chi connectivity index (χ3v) is 3.53. The minimum Gasteiger partial charge on any atom is -0.504 e. The van der Waals surface area contributed by atoms with Crippen molar-refractivity contribution in [1.82, 2.24) is 5.43 Å². The van der Waals surface area contributed by atoms with Gasteiger partial charge in [0.2, 0.25) is 0 Å². The molecular formula is C19H23N3O4. The van der Waals surface area contributed by atoms with Crippen molar-refractivity contribution in [3.63, 3.8) is 0 Å². The first-order valence-electron chi connectivity index (χ1n) is 8.22. The van der Waals surface area contributed by atoms with Crippen LogP contribution in [0.1, 0.15) is 19.4 Å². The molecule has 26 heavy (non-hydrogen) atoms. The van der Waals surface area contributed by atoms with Crippen molar-refractivity contribution in [1.29, 1.82) is 0 Å². The molecule has 2 aromatic rings. The predicted molar refractivity (Wildman–Crippen MR) is 101 cm³/mol. The molecule has 0 unspecified atom stereocenters. The van der Waals surface area contributed by atoms with Gasteiger partial charge in [-0.05, 0) is 61.9 Å². The largest absolute Gasteiger partial charge is 0.504 e. The molecule has 2 rings (SSSR count). The first-order chi connectivity index (χ1) is 12.5. The van der Waals surface area contributed by atoms with Gasteiger partial charge in [0.15, 0.2) is 11.5 Å². The highest BCUT2D eigenvalue weighted by Crippen LogP contribution is 2.25. The molecule has 0 saturated heterocycles. The summed E-state index contributed by atoms with van der Waals surface area (Å²) in [6.45, 7) is 4.27. The van der Waals surface area contributed by atoms with Gasteiger partial charge >= 0.3 is 0 Å². The van der Waals surface area contributed by atoms with E-state index < -0.39 is 6.04 Å². The van der Waals surface area contributed by atoms with Crippen molar-refractivity contribution in [2.75, 3.05) is 19.0 Å². The van der Waals surface area contributed by atoms with E-state index in [1.807, 2.05) is 31.2 Å². The molecule has 1 atom stereocenters. The Morgan fingerprint density at radius 1 is 1.27 bits per heavy atom. The SMILES string of the molecule is CCOc1ccc(N[C@@H](C)C(=O)N/N=C\c2ccc(O)c(OC)c2)cc1. The van der Waals surface area contributed by atoms with Gasteiger partial charge in [0.1, 0.15) is 11.8 Å². The highest BCUT2D eigenvalue weighted by Gasteiger charge is 2.11. The molecule has 0 fully saturated rings. The number of amides is 1. The van der Waals surface area contributed by atoms with Gasteiger partial charge in [-0.2, -0.15) is 5.10 Å². The van der Waals surface area contributed by atoms with Gasteiger partial charge in [-0.25, -0.2) is 5.43 Å². The van der Waals surface area contributed by atoms with E-state index in [1.165, 1.54) is 19.4 Å². The number of rotatable bonds is 8. The maximum atomic E-state index is 12.1. The number of phenols is 1. The summed E-state index contributed by atoms with van der Waals surface area (Å²) in [5, 5.41) is 16.6. The molecule has 0 spiro atoms. The number of hydrogen-bond donors (Lipinski definition) is 3. The lowest BCUT2D eigenvalue weighted by atomic mass is 10.2. The van der Waals surface area contributed by atoms with E-state index in [4.69, 9.17) is 9.47 Å². The number of carbonyl (C=O) groups excluding carboxylic acids is 1. The Labute approximate surface area is 152 Å². The molecule has 138 valence electrons. The van der Waals surface area contributed by atoms with Crippen molar-refractivity contribution < 1.29 is 19.4 Å². The average Bonchev–Trinajstić information content (AvgIpc) is 2.64. The van der Waals surface area contributed by atoms with E-state index in [1.54, 1.807) is 19.1 Å². The molecule has 0 saturated carbocycles. The number of carbonyl (C=O) groups is 1. The van der Waals surface area contributed by atoms with Gasteiger partial charge in [-0.15, -0.1) is 0 Å². The number of phenolic OH excluding ortho intramolecular Hbond substituents is 1. The number of anilines is 1. The van der Waals surface area contributed by atoms with Crippen LogP contribution in [0.5, 0.6) is 17.2 Å². The second-order valence-corrected chi connectivity index (χ2v) is 5.49. The molecule has 7 nitrogen and oxygen atoms in total. The third-order valence-electron chi connectivity index (χ3n) is 3.53. The molecule has 0 bridgehead atoms. The number of aromatic hydroxyl groups is 1. The van der Waals surface area contributed by atoms with Gasteiger partial charge in [0, 0.05) is 5.69 Å². The summed E-state index contributed by atoms with van der Waals surface area (Å²) in [6, 6.07) is 11.7. The van der Waals surface area contributed by atoms with E-state index >= 15 is 0 Å². The summed E-state index contributed by atoms with van der Waals surface area (Å²) in [6.07, 6.45) is 1.48. The molecule has 0 aliphatic heterocycles. The Bertz CT molecular complexity index is 760. The highest BCUT2D eigenvalue weighted by molar-refractivity contribution is 5.86. The van der Waals surface area contributed by atoms with E-state index in [0.717, 1.165) is 11.4 Å². The maximum Gasteiger partial charge on any atom is 0.262 e. The zero-order valence-electron chi connectivity index (χ0n) is 15.0. The molecule has 1 amide bonds. The normalized spacial score (nSPS) is 11.8. The first-order valence-corrected chi connectivity index (χ1v) is 8.22. The Kier molecular flexibility index (Phi) is 6.84. The number of ether oxygens (including phenoxy) is 2. The zero-order chi connectivity index (χ0) is 18.9. The minimum absolute atomic E-state index is 0.0434. The van der Waals surface area contributed by atoms with Crippen molar-refractivity contribution in [3.05, 3.63) is 48.0 Å². The number of hydrazone groups is 1.